The van der Waals surface area contributed by atoms with Gasteiger partial charge in [-0.3, -0.25) is 9.59 Å². The van der Waals surface area contributed by atoms with E-state index in [0.29, 0.717) is 17.2 Å². The first-order chi connectivity index (χ1) is 9.49. The van der Waals surface area contributed by atoms with Crippen LogP contribution in [0.2, 0.25) is 0 Å². The van der Waals surface area contributed by atoms with Gasteiger partial charge in [-0.2, -0.15) is 0 Å². The number of ether oxygens (including phenoxy) is 1. The van der Waals surface area contributed by atoms with Crippen LogP contribution in [-0.2, 0) is 9.59 Å². The number of nitrogens with one attached hydrogen (secondary N) is 1. The minimum absolute atomic E-state index is 0.195. The quantitative estimate of drug-likeness (QED) is 0.862. The highest BCUT2D eigenvalue weighted by atomic mass is 32.2. The second kappa shape index (κ2) is 5.75. The smallest absolute Gasteiger partial charge is 0.248 e. The molecule has 1 aromatic rings. The van der Waals surface area contributed by atoms with Crippen LogP contribution in [0.25, 0.3) is 0 Å². The second-order valence-corrected chi connectivity index (χ2v) is 6.60. The fourth-order valence-corrected chi connectivity index (χ4v) is 3.38. The third kappa shape index (κ3) is 2.75. The summed E-state index contributed by atoms with van der Waals surface area (Å²) in [7, 11) is 1.55. The van der Waals surface area contributed by atoms with Gasteiger partial charge < -0.3 is 15.0 Å². The van der Waals surface area contributed by atoms with Gasteiger partial charge in [-0.15, -0.1) is 11.8 Å². The van der Waals surface area contributed by atoms with E-state index in [4.69, 9.17) is 4.74 Å². The number of methoxy groups -OCH3 is 1. The van der Waals surface area contributed by atoms with Gasteiger partial charge in [0.15, 0.2) is 0 Å². The lowest BCUT2D eigenvalue weighted by Gasteiger charge is -2.30. The highest BCUT2D eigenvalue weighted by Gasteiger charge is 2.42. The number of amides is 2. The summed E-state index contributed by atoms with van der Waals surface area (Å²) in [6.07, 6.45) is 0.743. The molecule has 6 heteroatoms. The first-order valence-corrected chi connectivity index (χ1v) is 7.29. The van der Waals surface area contributed by atoms with Crippen LogP contribution in [0.4, 0.5) is 5.69 Å². The molecule has 1 saturated heterocycles. The van der Waals surface area contributed by atoms with Gasteiger partial charge in [0, 0.05) is 5.75 Å². The number of nitrogens with zero attached hydrogens (tertiary/aromatic N) is 1. The lowest BCUT2D eigenvalue weighted by atomic mass is 10.2. The second-order valence-electron chi connectivity index (χ2n) is 4.98. The predicted molar refractivity (Wildman–Crippen MR) is 79.9 cm³/mol. The lowest BCUT2D eigenvalue weighted by molar-refractivity contribution is -0.130. The molecule has 1 heterocycles. The molecule has 2 amide bonds. The van der Waals surface area contributed by atoms with Crippen molar-refractivity contribution < 1.29 is 14.3 Å². The largest absolute Gasteiger partial charge is 0.495 e. The van der Waals surface area contributed by atoms with Crippen LogP contribution in [0.15, 0.2) is 24.3 Å². The Bertz CT molecular complexity index is 519. The Morgan fingerprint density at radius 2 is 2.20 bits per heavy atom. The first-order valence-electron chi connectivity index (χ1n) is 6.31. The summed E-state index contributed by atoms with van der Waals surface area (Å²) < 4.78 is 5.20. The normalized spacial score (nSPS) is 20.6. The van der Waals surface area contributed by atoms with Crippen LogP contribution in [0.3, 0.4) is 0 Å². The fourth-order valence-electron chi connectivity index (χ4n) is 2.18. The molecule has 1 N–H and O–H groups in total. The van der Waals surface area contributed by atoms with Crippen molar-refractivity contribution in [2.24, 2.45) is 0 Å². The summed E-state index contributed by atoms with van der Waals surface area (Å²) in [6, 6.07) is 6.75. The average molecular weight is 294 g/mol. The molecule has 1 aromatic carbocycles. The molecule has 0 aromatic heterocycles. The van der Waals surface area contributed by atoms with Gasteiger partial charge in [-0.1, -0.05) is 12.1 Å². The van der Waals surface area contributed by atoms with Gasteiger partial charge in [0.2, 0.25) is 12.3 Å². The van der Waals surface area contributed by atoms with Crippen molar-refractivity contribution in [3.63, 3.8) is 0 Å². The SMILES string of the molecule is COc1ccccc1NC(=O)C1CSC(C)(C)N1C=O. The fraction of sp³-hybridized carbons (Fsp3) is 0.429. The first kappa shape index (κ1) is 14.7. The van der Waals surface area contributed by atoms with E-state index in [1.165, 1.54) is 0 Å². The number of hydrogen-bond donors (Lipinski definition) is 1. The minimum atomic E-state index is -0.461. The molecule has 1 atom stereocenters. The van der Waals surface area contributed by atoms with Gasteiger partial charge in [0.25, 0.3) is 0 Å². The molecule has 0 bridgehead atoms. The zero-order valence-electron chi connectivity index (χ0n) is 11.8. The zero-order chi connectivity index (χ0) is 14.8. The molecule has 108 valence electrons. The van der Waals surface area contributed by atoms with Gasteiger partial charge in [0.05, 0.1) is 17.7 Å². The predicted octanol–water partition coefficient (Wildman–Crippen LogP) is 1.94. The molecular weight excluding hydrogens is 276 g/mol. The number of anilines is 1. The number of carbonyl (C=O) groups is 2. The number of para-hydroxylation sites is 2. The van der Waals surface area contributed by atoms with Crippen LogP contribution in [0.5, 0.6) is 5.75 Å². The van der Waals surface area contributed by atoms with E-state index >= 15 is 0 Å². The molecule has 1 fully saturated rings. The van der Waals surface area contributed by atoms with Crippen molar-refractivity contribution in [1.82, 2.24) is 4.90 Å². The lowest BCUT2D eigenvalue weighted by Crippen LogP contribution is -2.47. The molecule has 1 unspecified atom stereocenters. The summed E-state index contributed by atoms with van der Waals surface area (Å²) >= 11 is 1.59. The van der Waals surface area contributed by atoms with E-state index in [-0.39, 0.29) is 10.8 Å². The van der Waals surface area contributed by atoms with E-state index in [1.807, 2.05) is 26.0 Å². The summed E-state index contributed by atoms with van der Waals surface area (Å²) in [6.45, 7) is 3.87. The van der Waals surface area contributed by atoms with E-state index in [9.17, 15) is 9.59 Å². The Hall–Kier alpha value is -1.69. The molecule has 1 aliphatic heterocycles. The molecule has 2 rings (SSSR count). The maximum atomic E-state index is 12.4. The van der Waals surface area contributed by atoms with Crippen LogP contribution >= 0.6 is 11.8 Å². The average Bonchev–Trinajstić information content (AvgIpc) is 2.74. The van der Waals surface area contributed by atoms with Crippen LogP contribution < -0.4 is 10.1 Å². The Morgan fingerprint density at radius 3 is 2.85 bits per heavy atom. The molecule has 0 aliphatic carbocycles. The summed E-state index contributed by atoms with van der Waals surface area (Å²) in [4.78, 5) is 24.8. The van der Waals surface area contributed by atoms with Crippen molar-refractivity contribution in [2.75, 3.05) is 18.2 Å². The molecule has 0 saturated carbocycles. The third-order valence-electron chi connectivity index (χ3n) is 3.33. The highest BCUT2D eigenvalue weighted by molar-refractivity contribution is 8.00. The third-order valence-corrected chi connectivity index (χ3v) is 4.73. The molecular formula is C14H18N2O3S. The molecule has 0 radical (unpaired) electrons. The van der Waals surface area contributed by atoms with E-state index < -0.39 is 6.04 Å². The summed E-state index contributed by atoms with van der Waals surface area (Å²) in [5.41, 5.74) is 0.612. The maximum Gasteiger partial charge on any atom is 0.248 e. The number of rotatable bonds is 4. The number of benzene rings is 1. The molecule has 0 spiro atoms. The Morgan fingerprint density at radius 1 is 1.50 bits per heavy atom. The number of thioether (sulfide) groups is 1. The van der Waals surface area contributed by atoms with Gasteiger partial charge >= 0.3 is 0 Å². The van der Waals surface area contributed by atoms with Crippen molar-refractivity contribution in [1.29, 1.82) is 0 Å². The molecule has 1 aliphatic rings. The Balaban J connectivity index is 2.15. The van der Waals surface area contributed by atoms with Crippen molar-refractivity contribution in [2.45, 2.75) is 24.8 Å². The molecule has 20 heavy (non-hydrogen) atoms. The van der Waals surface area contributed by atoms with Crippen molar-refractivity contribution >= 4 is 29.8 Å². The van der Waals surface area contributed by atoms with Crippen LogP contribution in [0.1, 0.15) is 13.8 Å². The number of hydrogen-bond acceptors (Lipinski definition) is 4. The van der Waals surface area contributed by atoms with Crippen molar-refractivity contribution in [3.05, 3.63) is 24.3 Å². The topological polar surface area (TPSA) is 58.6 Å². The standard InChI is InChI=1S/C14H18N2O3S/c1-14(2)16(9-17)11(8-20-14)13(18)15-10-6-4-5-7-12(10)19-3/h4-7,9,11H,8H2,1-3H3,(H,15,18). The Labute approximate surface area is 122 Å². The molecule has 5 nitrogen and oxygen atoms in total. The maximum absolute atomic E-state index is 12.4. The minimum Gasteiger partial charge on any atom is -0.495 e. The summed E-state index contributed by atoms with van der Waals surface area (Å²) in [5.74, 6) is 0.996. The van der Waals surface area contributed by atoms with Gasteiger partial charge in [-0.25, -0.2) is 0 Å². The zero-order valence-corrected chi connectivity index (χ0v) is 12.6. The van der Waals surface area contributed by atoms with E-state index in [0.717, 1.165) is 6.41 Å². The van der Waals surface area contributed by atoms with Crippen LogP contribution in [-0.4, -0.2) is 41.0 Å². The summed E-state index contributed by atoms with van der Waals surface area (Å²) in [5, 5.41) is 2.83. The van der Waals surface area contributed by atoms with Crippen molar-refractivity contribution in [3.8, 4) is 5.75 Å². The number of carbonyl (C=O) groups excluding carboxylic acids is 2. The highest BCUT2D eigenvalue weighted by Crippen LogP contribution is 2.38. The van der Waals surface area contributed by atoms with Gasteiger partial charge in [0.1, 0.15) is 11.8 Å². The monoisotopic (exact) mass is 294 g/mol. The van der Waals surface area contributed by atoms with Crippen LogP contribution in [0, 0.1) is 0 Å². The Kier molecular flexibility index (Phi) is 4.23. The van der Waals surface area contributed by atoms with E-state index in [2.05, 4.69) is 5.32 Å². The van der Waals surface area contributed by atoms with E-state index in [1.54, 1.807) is 35.9 Å². The van der Waals surface area contributed by atoms with Gasteiger partial charge in [-0.05, 0) is 26.0 Å².